The van der Waals surface area contributed by atoms with Crippen molar-refractivity contribution in [3.63, 3.8) is 0 Å². The van der Waals surface area contributed by atoms with Crippen LogP contribution in [0, 0.1) is 5.92 Å². The van der Waals surface area contributed by atoms with Crippen LogP contribution in [0.3, 0.4) is 0 Å². The van der Waals surface area contributed by atoms with Gasteiger partial charge in [0.05, 0.1) is 24.6 Å². The van der Waals surface area contributed by atoms with Gasteiger partial charge in [-0.2, -0.15) is 0 Å². The van der Waals surface area contributed by atoms with Crippen molar-refractivity contribution in [3.05, 3.63) is 95.6 Å². The maximum Gasteiger partial charge on any atom is 0.335 e. The van der Waals surface area contributed by atoms with Gasteiger partial charge < -0.3 is 14.7 Å². The number of amides is 1. The zero-order valence-electron chi connectivity index (χ0n) is 17.4. The van der Waals surface area contributed by atoms with Crippen molar-refractivity contribution in [2.45, 2.75) is 25.3 Å². The number of carbonyl (C=O) groups is 2. The highest BCUT2D eigenvalue weighted by atomic mass is 16.5. The fraction of sp³-hybridized carbons (Fsp3) is 0.231. The summed E-state index contributed by atoms with van der Waals surface area (Å²) < 4.78 is 5.28. The van der Waals surface area contributed by atoms with E-state index in [9.17, 15) is 9.59 Å². The number of carboxylic acid groups (broad SMARTS) is 1. The molecular formula is C26H25NO4. The summed E-state index contributed by atoms with van der Waals surface area (Å²) in [5.74, 6) is -0.0582. The number of carboxylic acids is 1. The molecule has 1 saturated heterocycles. The lowest BCUT2D eigenvalue weighted by molar-refractivity contribution is -0.130. The molecule has 0 unspecified atom stereocenters. The summed E-state index contributed by atoms with van der Waals surface area (Å²) in [4.78, 5) is 26.0. The van der Waals surface area contributed by atoms with Crippen LogP contribution < -0.4 is 9.64 Å². The molecule has 0 bridgehead atoms. The molecule has 0 saturated carbocycles. The first-order chi connectivity index (χ1) is 15.1. The van der Waals surface area contributed by atoms with Crippen LogP contribution in [0.15, 0.2) is 78.9 Å². The topological polar surface area (TPSA) is 66.8 Å². The van der Waals surface area contributed by atoms with Crippen LogP contribution in [0.25, 0.3) is 0 Å². The molecule has 1 amide bonds. The first-order valence-electron chi connectivity index (χ1n) is 10.4. The highest BCUT2D eigenvalue weighted by Crippen LogP contribution is 2.45. The monoisotopic (exact) mass is 415 g/mol. The lowest BCUT2D eigenvalue weighted by atomic mass is 9.78. The Morgan fingerprint density at radius 2 is 1.65 bits per heavy atom. The molecule has 4 rings (SSSR count). The molecule has 1 aliphatic rings. The molecule has 0 aliphatic carbocycles. The number of carbonyl (C=O) groups excluding carboxylic acids is 1. The van der Waals surface area contributed by atoms with E-state index >= 15 is 0 Å². The normalized spacial score (nSPS) is 17.8. The summed E-state index contributed by atoms with van der Waals surface area (Å²) in [5, 5.41) is 9.03. The van der Waals surface area contributed by atoms with Crippen LogP contribution in [0.1, 0.15) is 40.4 Å². The Morgan fingerprint density at radius 1 is 0.968 bits per heavy atom. The number of methoxy groups -OCH3 is 1. The molecule has 1 aliphatic heterocycles. The number of benzene rings is 3. The third kappa shape index (κ3) is 4.31. The summed E-state index contributed by atoms with van der Waals surface area (Å²) in [5.41, 5.74) is 3.38. The number of aromatic carboxylic acids is 1. The van der Waals surface area contributed by atoms with Gasteiger partial charge in [-0.15, -0.1) is 0 Å². The van der Waals surface area contributed by atoms with Gasteiger partial charge in [0.25, 0.3) is 0 Å². The van der Waals surface area contributed by atoms with Gasteiger partial charge in [0.2, 0.25) is 5.91 Å². The zero-order chi connectivity index (χ0) is 21.8. The lowest BCUT2D eigenvalue weighted by Gasteiger charge is -2.47. The Morgan fingerprint density at radius 3 is 2.26 bits per heavy atom. The SMILES string of the molecule is COc1ccc([C@@H]2[C@@H](CCCc3ccc(C(=O)O)cc3)C(=O)N2c2ccccc2)cc1. The van der Waals surface area contributed by atoms with Crippen molar-refractivity contribution in [1.29, 1.82) is 0 Å². The van der Waals surface area contributed by atoms with E-state index in [4.69, 9.17) is 9.84 Å². The van der Waals surface area contributed by atoms with Crippen molar-refractivity contribution in [1.82, 2.24) is 0 Å². The highest BCUT2D eigenvalue weighted by molar-refractivity contribution is 6.03. The molecule has 158 valence electrons. The molecular weight excluding hydrogens is 390 g/mol. The lowest BCUT2D eigenvalue weighted by Crippen LogP contribution is -2.55. The molecule has 5 nitrogen and oxygen atoms in total. The number of anilines is 1. The molecule has 2 atom stereocenters. The molecule has 1 N–H and O–H groups in total. The quantitative estimate of drug-likeness (QED) is 0.519. The molecule has 1 fully saturated rings. The summed E-state index contributed by atoms with van der Waals surface area (Å²) >= 11 is 0. The van der Waals surface area contributed by atoms with Gasteiger partial charge in [-0.05, 0) is 66.8 Å². The van der Waals surface area contributed by atoms with Crippen LogP contribution >= 0.6 is 0 Å². The molecule has 31 heavy (non-hydrogen) atoms. The molecule has 0 aromatic heterocycles. The van der Waals surface area contributed by atoms with Crippen molar-refractivity contribution in [2.75, 3.05) is 12.0 Å². The van der Waals surface area contributed by atoms with Gasteiger partial charge in [-0.25, -0.2) is 4.79 Å². The number of hydrogen-bond donors (Lipinski definition) is 1. The number of aryl methyl sites for hydroxylation is 1. The number of ether oxygens (including phenoxy) is 1. The fourth-order valence-corrected chi connectivity index (χ4v) is 4.23. The summed E-state index contributed by atoms with van der Waals surface area (Å²) in [6.07, 6.45) is 2.45. The molecule has 3 aromatic carbocycles. The van der Waals surface area contributed by atoms with Crippen LogP contribution in [-0.2, 0) is 11.2 Å². The summed E-state index contributed by atoms with van der Waals surface area (Å²) in [7, 11) is 1.64. The maximum atomic E-state index is 13.1. The highest BCUT2D eigenvalue weighted by Gasteiger charge is 2.48. The number of para-hydroxylation sites is 1. The zero-order valence-corrected chi connectivity index (χ0v) is 17.4. The molecule has 5 heteroatoms. The van der Waals surface area contributed by atoms with Gasteiger partial charge in [-0.1, -0.05) is 42.5 Å². The van der Waals surface area contributed by atoms with Gasteiger partial charge >= 0.3 is 5.97 Å². The van der Waals surface area contributed by atoms with Crippen LogP contribution in [0.4, 0.5) is 5.69 Å². The van der Waals surface area contributed by atoms with E-state index in [1.54, 1.807) is 19.2 Å². The second kappa shape index (κ2) is 9.04. The van der Waals surface area contributed by atoms with Crippen molar-refractivity contribution in [3.8, 4) is 5.75 Å². The Balaban J connectivity index is 1.48. The van der Waals surface area contributed by atoms with Crippen LogP contribution in [0.5, 0.6) is 5.75 Å². The Hall–Kier alpha value is -3.60. The first kappa shape index (κ1) is 20.7. The van der Waals surface area contributed by atoms with Crippen LogP contribution in [-0.4, -0.2) is 24.1 Å². The Bertz CT molecular complexity index is 1050. The fourth-order valence-electron chi connectivity index (χ4n) is 4.23. The second-order valence-corrected chi connectivity index (χ2v) is 7.76. The van der Waals surface area contributed by atoms with Crippen molar-refractivity contribution >= 4 is 17.6 Å². The molecule has 0 radical (unpaired) electrons. The maximum absolute atomic E-state index is 13.1. The largest absolute Gasteiger partial charge is 0.497 e. The van der Waals surface area contributed by atoms with E-state index in [0.717, 1.165) is 41.8 Å². The van der Waals surface area contributed by atoms with E-state index in [0.29, 0.717) is 0 Å². The van der Waals surface area contributed by atoms with E-state index in [1.807, 2.05) is 71.6 Å². The van der Waals surface area contributed by atoms with Gasteiger partial charge in [0.1, 0.15) is 5.75 Å². The van der Waals surface area contributed by atoms with E-state index in [2.05, 4.69) is 0 Å². The van der Waals surface area contributed by atoms with Gasteiger partial charge in [0, 0.05) is 5.69 Å². The third-order valence-corrected chi connectivity index (χ3v) is 5.89. The molecule has 1 heterocycles. The molecule has 3 aromatic rings. The van der Waals surface area contributed by atoms with E-state index in [-0.39, 0.29) is 23.4 Å². The Kier molecular flexibility index (Phi) is 6.03. The molecule has 0 spiro atoms. The average Bonchev–Trinajstić information content (AvgIpc) is 2.81. The summed E-state index contributed by atoms with van der Waals surface area (Å²) in [6.45, 7) is 0. The van der Waals surface area contributed by atoms with Gasteiger partial charge in [-0.3, -0.25) is 4.79 Å². The minimum atomic E-state index is -0.921. The summed E-state index contributed by atoms with van der Waals surface area (Å²) in [6, 6.07) is 24.7. The Labute approximate surface area is 181 Å². The second-order valence-electron chi connectivity index (χ2n) is 7.76. The smallest absolute Gasteiger partial charge is 0.335 e. The number of β-lactam (4-membered cyclic amide) rings is 1. The van der Waals surface area contributed by atoms with E-state index in [1.165, 1.54) is 0 Å². The minimum absolute atomic E-state index is 0.00445. The van der Waals surface area contributed by atoms with Crippen molar-refractivity contribution < 1.29 is 19.4 Å². The first-order valence-corrected chi connectivity index (χ1v) is 10.4. The number of nitrogens with zero attached hydrogens (tertiary/aromatic N) is 1. The average molecular weight is 415 g/mol. The minimum Gasteiger partial charge on any atom is -0.497 e. The standard InChI is InChI=1S/C26H25NO4/c1-31-22-16-14-19(15-17-22)24-23(25(28)27(24)21-7-3-2-4-8-21)9-5-6-18-10-12-20(13-11-18)26(29)30/h2-4,7-8,10-17,23-24H,5-6,9H2,1H3,(H,29,30)/t23-,24-/m1/s1. The third-order valence-electron chi connectivity index (χ3n) is 5.89. The van der Waals surface area contributed by atoms with E-state index < -0.39 is 5.97 Å². The predicted octanol–water partition coefficient (Wildman–Crippen LogP) is 5.12. The van der Waals surface area contributed by atoms with Gasteiger partial charge in [0.15, 0.2) is 0 Å². The predicted molar refractivity (Wildman–Crippen MR) is 119 cm³/mol. The van der Waals surface area contributed by atoms with Crippen molar-refractivity contribution in [2.24, 2.45) is 5.92 Å². The number of hydrogen-bond acceptors (Lipinski definition) is 3. The van der Waals surface area contributed by atoms with Crippen LogP contribution in [0.2, 0.25) is 0 Å². The number of rotatable bonds is 8.